The van der Waals surface area contributed by atoms with Crippen LogP contribution in [0.4, 0.5) is 0 Å². The van der Waals surface area contributed by atoms with E-state index in [1.54, 1.807) is 6.92 Å². The smallest absolute Gasteiger partial charge is 0.348 e. The first-order chi connectivity index (χ1) is 12.3. The summed E-state index contributed by atoms with van der Waals surface area (Å²) in [5, 5.41) is 0. The number of amides is 1. The number of carbonyl (C=O) groups excluding carboxylic acids is 2. The van der Waals surface area contributed by atoms with Gasteiger partial charge < -0.3 is 9.64 Å². The van der Waals surface area contributed by atoms with Crippen molar-refractivity contribution in [2.75, 3.05) is 24.7 Å². The summed E-state index contributed by atoms with van der Waals surface area (Å²) < 4.78 is 28.5. The third-order valence-electron chi connectivity index (χ3n) is 5.17. The number of sulfone groups is 1. The topological polar surface area (TPSA) is 80.8 Å². The minimum Gasteiger partial charge on any atom is -0.451 e. The Morgan fingerprint density at radius 2 is 2.12 bits per heavy atom. The average Bonchev–Trinajstić information content (AvgIpc) is 3.16. The van der Waals surface area contributed by atoms with Crippen molar-refractivity contribution in [1.82, 2.24) is 4.90 Å². The Morgan fingerprint density at radius 1 is 1.35 bits per heavy atom. The molecular formula is C18H25NO5S2. The number of carbonyl (C=O) groups is 2. The maximum absolute atomic E-state index is 12.4. The zero-order chi connectivity index (χ0) is 18.9. The zero-order valence-corrected chi connectivity index (χ0v) is 16.8. The number of thiophene rings is 1. The summed E-state index contributed by atoms with van der Waals surface area (Å²) >= 11 is 1.46. The molecule has 0 spiro atoms. The molecule has 3 rings (SSSR count). The van der Waals surface area contributed by atoms with Gasteiger partial charge in [0.15, 0.2) is 16.4 Å². The van der Waals surface area contributed by atoms with Crippen LogP contribution < -0.4 is 0 Å². The van der Waals surface area contributed by atoms with Gasteiger partial charge in [-0.15, -0.1) is 11.3 Å². The highest BCUT2D eigenvalue weighted by molar-refractivity contribution is 7.91. The summed E-state index contributed by atoms with van der Waals surface area (Å²) in [4.78, 5) is 28.0. The molecule has 0 unspecified atom stereocenters. The molecule has 1 aromatic rings. The molecule has 1 fully saturated rings. The largest absolute Gasteiger partial charge is 0.451 e. The Morgan fingerprint density at radius 3 is 2.77 bits per heavy atom. The lowest BCUT2D eigenvalue weighted by atomic mass is 9.90. The normalized spacial score (nSPS) is 24.1. The van der Waals surface area contributed by atoms with Gasteiger partial charge in [0.05, 0.1) is 11.5 Å². The minimum atomic E-state index is -3.06. The second kappa shape index (κ2) is 7.68. The van der Waals surface area contributed by atoms with Crippen LogP contribution in [0.1, 0.15) is 46.8 Å². The van der Waals surface area contributed by atoms with Crippen LogP contribution in [0, 0.1) is 5.92 Å². The highest BCUT2D eigenvalue weighted by atomic mass is 32.2. The predicted molar refractivity (Wildman–Crippen MR) is 100 cm³/mol. The fourth-order valence-electron chi connectivity index (χ4n) is 3.75. The molecule has 144 valence electrons. The molecule has 1 amide bonds. The van der Waals surface area contributed by atoms with Gasteiger partial charge in [-0.05, 0) is 50.2 Å². The second-order valence-electron chi connectivity index (χ2n) is 7.22. The maximum Gasteiger partial charge on any atom is 0.348 e. The first-order valence-electron chi connectivity index (χ1n) is 9.07. The van der Waals surface area contributed by atoms with Crippen molar-refractivity contribution in [3.8, 4) is 0 Å². The minimum absolute atomic E-state index is 0.00362. The number of fused-ring (bicyclic) bond motifs is 1. The van der Waals surface area contributed by atoms with Gasteiger partial charge in [-0.3, -0.25) is 4.79 Å². The van der Waals surface area contributed by atoms with Crippen molar-refractivity contribution in [1.29, 1.82) is 0 Å². The Labute approximate surface area is 158 Å². The zero-order valence-electron chi connectivity index (χ0n) is 15.2. The molecule has 8 heteroatoms. The van der Waals surface area contributed by atoms with E-state index >= 15 is 0 Å². The van der Waals surface area contributed by atoms with E-state index in [0.29, 0.717) is 23.8 Å². The van der Waals surface area contributed by atoms with Crippen LogP contribution >= 0.6 is 11.3 Å². The molecule has 0 radical (unpaired) electrons. The van der Waals surface area contributed by atoms with Crippen molar-refractivity contribution in [3.63, 3.8) is 0 Å². The predicted octanol–water partition coefficient (Wildman–Crippen LogP) is 2.07. The SMILES string of the molecule is CCN(C(=O)COC(=O)c1cc2c(s1)CC[C@@H](C)C2)[C@H]1CCS(=O)(=O)C1. The Bertz CT molecular complexity index is 799. The molecule has 1 aliphatic heterocycles. The Hall–Kier alpha value is -1.41. The van der Waals surface area contributed by atoms with Crippen molar-refractivity contribution in [3.05, 3.63) is 21.4 Å². The fraction of sp³-hybridized carbons (Fsp3) is 0.667. The molecule has 26 heavy (non-hydrogen) atoms. The van der Waals surface area contributed by atoms with Crippen LogP contribution in [-0.2, 0) is 32.2 Å². The first-order valence-corrected chi connectivity index (χ1v) is 11.7. The molecule has 0 aromatic carbocycles. The van der Waals surface area contributed by atoms with Crippen molar-refractivity contribution in [2.45, 2.75) is 45.6 Å². The van der Waals surface area contributed by atoms with E-state index in [1.807, 2.05) is 6.07 Å². The summed E-state index contributed by atoms with van der Waals surface area (Å²) in [5.41, 5.74) is 1.22. The summed E-state index contributed by atoms with van der Waals surface area (Å²) in [6.07, 6.45) is 3.56. The fourth-order valence-corrected chi connectivity index (χ4v) is 6.58. The maximum atomic E-state index is 12.4. The highest BCUT2D eigenvalue weighted by Gasteiger charge is 2.34. The lowest BCUT2D eigenvalue weighted by Gasteiger charge is -2.26. The van der Waals surface area contributed by atoms with Crippen LogP contribution in [0.25, 0.3) is 0 Å². The molecule has 2 heterocycles. The summed E-state index contributed by atoms with van der Waals surface area (Å²) in [6, 6.07) is 1.58. The number of aryl methyl sites for hydroxylation is 1. The van der Waals surface area contributed by atoms with E-state index in [1.165, 1.54) is 26.7 Å². The Balaban J connectivity index is 1.57. The first kappa shape index (κ1) is 19.4. The van der Waals surface area contributed by atoms with Crippen LogP contribution in [0.2, 0.25) is 0 Å². The van der Waals surface area contributed by atoms with Gasteiger partial charge in [0.1, 0.15) is 4.88 Å². The molecule has 0 N–H and O–H groups in total. The number of likely N-dealkylation sites (N-methyl/N-ethyl adjacent to an activating group) is 1. The van der Waals surface area contributed by atoms with Gasteiger partial charge in [0.25, 0.3) is 5.91 Å². The van der Waals surface area contributed by atoms with E-state index in [4.69, 9.17) is 4.74 Å². The quantitative estimate of drug-likeness (QED) is 0.708. The van der Waals surface area contributed by atoms with Crippen LogP contribution in [0.5, 0.6) is 0 Å². The van der Waals surface area contributed by atoms with Crippen molar-refractivity contribution < 1.29 is 22.7 Å². The standard InChI is InChI=1S/C18H25NO5S2/c1-3-19(14-6-7-26(22,23)11-14)17(20)10-24-18(21)16-9-13-8-12(2)4-5-15(13)25-16/h9,12,14H,3-8,10-11H2,1-2H3/t12-,14+/m1/s1. The van der Waals surface area contributed by atoms with Crippen molar-refractivity contribution in [2.24, 2.45) is 5.92 Å². The van der Waals surface area contributed by atoms with Gasteiger partial charge >= 0.3 is 5.97 Å². The summed E-state index contributed by atoms with van der Waals surface area (Å²) in [6.45, 7) is 4.07. The number of hydrogen-bond acceptors (Lipinski definition) is 6. The lowest BCUT2D eigenvalue weighted by Crippen LogP contribution is -2.43. The van der Waals surface area contributed by atoms with Crippen LogP contribution in [0.15, 0.2) is 6.07 Å². The van der Waals surface area contributed by atoms with Crippen molar-refractivity contribution >= 4 is 33.1 Å². The van der Waals surface area contributed by atoms with Gasteiger partial charge in [-0.25, -0.2) is 13.2 Å². The van der Waals surface area contributed by atoms with Gasteiger partial charge in [-0.1, -0.05) is 6.92 Å². The summed E-state index contributed by atoms with van der Waals surface area (Å²) in [5.74, 6) is -0.0710. The monoisotopic (exact) mass is 399 g/mol. The van der Waals surface area contributed by atoms with E-state index in [2.05, 4.69) is 6.92 Å². The number of rotatable bonds is 5. The van der Waals surface area contributed by atoms with E-state index < -0.39 is 15.8 Å². The van der Waals surface area contributed by atoms with E-state index in [-0.39, 0.29) is 30.1 Å². The van der Waals surface area contributed by atoms with Crippen LogP contribution in [0.3, 0.4) is 0 Å². The Kier molecular flexibility index (Phi) is 5.72. The number of ether oxygens (including phenoxy) is 1. The molecule has 2 atom stereocenters. The van der Waals surface area contributed by atoms with E-state index in [9.17, 15) is 18.0 Å². The molecular weight excluding hydrogens is 374 g/mol. The molecule has 0 saturated carbocycles. The molecule has 1 aromatic heterocycles. The second-order valence-corrected chi connectivity index (χ2v) is 10.6. The molecule has 1 saturated heterocycles. The third kappa shape index (κ3) is 4.28. The van der Waals surface area contributed by atoms with Gasteiger partial charge in [0.2, 0.25) is 0 Å². The van der Waals surface area contributed by atoms with Gasteiger partial charge in [0, 0.05) is 17.5 Å². The number of hydrogen-bond donors (Lipinski definition) is 0. The molecule has 0 bridgehead atoms. The molecule has 1 aliphatic carbocycles. The van der Waals surface area contributed by atoms with Crippen LogP contribution in [-0.4, -0.2) is 55.9 Å². The van der Waals surface area contributed by atoms with E-state index in [0.717, 1.165) is 19.3 Å². The average molecular weight is 400 g/mol. The molecule has 6 nitrogen and oxygen atoms in total. The molecule has 2 aliphatic rings. The third-order valence-corrected chi connectivity index (χ3v) is 8.13. The number of esters is 1. The summed E-state index contributed by atoms with van der Waals surface area (Å²) in [7, 11) is -3.06. The number of nitrogens with zero attached hydrogens (tertiary/aromatic N) is 1. The van der Waals surface area contributed by atoms with Gasteiger partial charge in [-0.2, -0.15) is 0 Å². The lowest BCUT2D eigenvalue weighted by molar-refractivity contribution is -0.136. The highest BCUT2D eigenvalue weighted by Crippen LogP contribution is 2.32.